The number of fused-ring (bicyclic) bond motifs is 1. The van der Waals surface area contributed by atoms with Crippen LogP contribution in [0, 0.1) is 0 Å². The van der Waals surface area contributed by atoms with Gasteiger partial charge in [0.15, 0.2) is 0 Å². The molecule has 0 aliphatic heterocycles. The molecule has 0 aliphatic rings. The molecule has 0 saturated carbocycles. The van der Waals surface area contributed by atoms with Crippen molar-refractivity contribution in [1.29, 1.82) is 0 Å². The lowest BCUT2D eigenvalue weighted by Gasteiger charge is -2.24. The zero-order valence-corrected chi connectivity index (χ0v) is 26.7. The average Bonchev–Trinajstić information content (AvgIpc) is 3.44. The Morgan fingerprint density at radius 2 is 1.62 bits per heavy atom. The highest BCUT2D eigenvalue weighted by atomic mass is 35.5. The third-order valence-corrected chi connectivity index (χ3v) is 7.74. The first-order chi connectivity index (χ1) is 21.3. The summed E-state index contributed by atoms with van der Waals surface area (Å²) >= 11 is 6.44. The summed E-state index contributed by atoms with van der Waals surface area (Å²) in [7, 11) is 0. The van der Waals surface area contributed by atoms with Gasteiger partial charge in [-0.3, -0.25) is 4.79 Å². The highest BCUT2D eigenvalue weighted by Crippen LogP contribution is 2.44. The van der Waals surface area contributed by atoms with Gasteiger partial charge in [0, 0.05) is 29.3 Å². The molecule has 5 rings (SSSR count). The van der Waals surface area contributed by atoms with Crippen molar-refractivity contribution in [3.63, 3.8) is 0 Å². The number of hydrogen-bond donors (Lipinski definition) is 3. The van der Waals surface area contributed by atoms with Crippen molar-refractivity contribution in [1.82, 2.24) is 15.3 Å². The van der Waals surface area contributed by atoms with Gasteiger partial charge in [0.25, 0.3) is 0 Å². The second-order valence-corrected chi connectivity index (χ2v) is 12.8. The highest BCUT2D eigenvalue weighted by molar-refractivity contribution is 6.34. The minimum atomic E-state index is -1.22. The lowest BCUT2D eigenvalue weighted by atomic mass is 9.81. The van der Waals surface area contributed by atoms with Crippen LogP contribution in [0.4, 0.5) is 4.79 Å². The van der Waals surface area contributed by atoms with E-state index in [0.717, 1.165) is 27.6 Å². The average molecular weight is 626 g/mol. The van der Waals surface area contributed by atoms with Crippen LogP contribution in [0.25, 0.3) is 33.3 Å². The van der Waals surface area contributed by atoms with E-state index in [-0.39, 0.29) is 13.2 Å². The summed E-state index contributed by atoms with van der Waals surface area (Å²) in [5, 5.41) is 14.1. The summed E-state index contributed by atoms with van der Waals surface area (Å²) < 4.78 is 12.0. The van der Waals surface area contributed by atoms with Crippen molar-refractivity contribution in [2.24, 2.45) is 0 Å². The molecule has 2 aromatic heterocycles. The first kappa shape index (κ1) is 31.6. The van der Waals surface area contributed by atoms with Crippen molar-refractivity contribution in [2.45, 2.75) is 58.8 Å². The SMILES string of the molecule is CC(C)(C)OC(=O)NCc1cccc(-c2cc(C(C)(C)C(=O)O)cc(-c3cc4c(Cl)nccc4[nH]3)c2OCc2ccccc2)c1. The quantitative estimate of drug-likeness (QED) is 0.142. The second-order valence-electron chi connectivity index (χ2n) is 12.4. The molecule has 3 N–H and O–H groups in total. The zero-order valence-electron chi connectivity index (χ0n) is 25.9. The number of halogens is 1. The van der Waals surface area contributed by atoms with E-state index in [0.29, 0.717) is 33.3 Å². The van der Waals surface area contributed by atoms with Crippen LogP contribution in [0.15, 0.2) is 85.1 Å². The van der Waals surface area contributed by atoms with E-state index in [1.807, 2.05) is 99.6 Å². The number of hydrogen-bond acceptors (Lipinski definition) is 5. The maximum absolute atomic E-state index is 12.5. The third kappa shape index (κ3) is 7.29. The van der Waals surface area contributed by atoms with Gasteiger partial charge >= 0.3 is 12.1 Å². The molecule has 2 heterocycles. The van der Waals surface area contributed by atoms with E-state index in [4.69, 9.17) is 21.1 Å². The molecule has 0 fully saturated rings. The number of alkyl carbamates (subject to hydrolysis) is 1. The van der Waals surface area contributed by atoms with Crippen LogP contribution < -0.4 is 10.1 Å². The van der Waals surface area contributed by atoms with Gasteiger partial charge in [-0.2, -0.15) is 0 Å². The molecule has 0 saturated heterocycles. The fourth-order valence-electron chi connectivity index (χ4n) is 4.91. The van der Waals surface area contributed by atoms with Crippen molar-refractivity contribution in [3.05, 3.63) is 107 Å². The minimum absolute atomic E-state index is 0.240. The molecule has 0 spiro atoms. The van der Waals surface area contributed by atoms with Crippen molar-refractivity contribution < 1.29 is 24.2 Å². The second kappa shape index (κ2) is 12.7. The van der Waals surface area contributed by atoms with Crippen molar-refractivity contribution in [2.75, 3.05) is 0 Å². The molecule has 0 bridgehead atoms. The highest BCUT2D eigenvalue weighted by Gasteiger charge is 2.32. The van der Waals surface area contributed by atoms with Gasteiger partial charge in [-0.15, -0.1) is 0 Å². The van der Waals surface area contributed by atoms with Gasteiger partial charge in [-0.1, -0.05) is 60.1 Å². The van der Waals surface area contributed by atoms with E-state index >= 15 is 0 Å². The number of aliphatic carboxylic acids is 1. The molecule has 0 atom stereocenters. The lowest BCUT2D eigenvalue weighted by Crippen LogP contribution is -2.32. The Balaban J connectivity index is 1.67. The first-order valence-corrected chi connectivity index (χ1v) is 15.0. The fourth-order valence-corrected chi connectivity index (χ4v) is 5.13. The number of carbonyl (C=O) groups is 2. The Labute approximate surface area is 267 Å². The number of aromatic amines is 1. The van der Waals surface area contributed by atoms with Crippen molar-refractivity contribution >= 4 is 34.6 Å². The van der Waals surface area contributed by atoms with Crippen LogP contribution >= 0.6 is 11.6 Å². The number of nitrogens with one attached hydrogen (secondary N) is 2. The molecule has 3 aromatic carbocycles. The zero-order chi connectivity index (χ0) is 32.4. The number of H-pyrrole nitrogens is 1. The predicted octanol–water partition coefficient (Wildman–Crippen LogP) is 8.52. The molecule has 0 unspecified atom stereocenters. The maximum atomic E-state index is 12.5. The van der Waals surface area contributed by atoms with Gasteiger partial charge in [0.2, 0.25) is 0 Å². The summed E-state index contributed by atoms with van der Waals surface area (Å²) in [5.74, 6) is -0.395. The largest absolute Gasteiger partial charge is 0.488 e. The Kier molecular flexibility index (Phi) is 8.89. The summed E-state index contributed by atoms with van der Waals surface area (Å²) in [5.41, 5.74) is 4.23. The number of carboxylic acid groups (broad SMARTS) is 1. The van der Waals surface area contributed by atoms with E-state index in [2.05, 4.69) is 15.3 Å². The number of carboxylic acids is 1. The monoisotopic (exact) mass is 625 g/mol. The lowest BCUT2D eigenvalue weighted by molar-refractivity contribution is -0.142. The van der Waals surface area contributed by atoms with E-state index in [1.165, 1.54) is 0 Å². The molecular weight excluding hydrogens is 590 g/mol. The van der Waals surface area contributed by atoms with Gasteiger partial charge in [-0.25, -0.2) is 9.78 Å². The summed E-state index contributed by atoms with van der Waals surface area (Å²) in [6.45, 7) is 9.31. The number of benzene rings is 3. The molecule has 232 valence electrons. The normalized spacial score (nSPS) is 11.8. The molecule has 45 heavy (non-hydrogen) atoms. The summed E-state index contributed by atoms with van der Waals surface area (Å²) in [4.78, 5) is 32.5. The molecule has 0 radical (unpaired) electrons. The van der Waals surface area contributed by atoms with Crippen LogP contribution in [-0.4, -0.2) is 32.7 Å². The third-order valence-electron chi connectivity index (χ3n) is 7.43. The number of carbonyl (C=O) groups excluding carboxylic acids is 1. The van der Waals surface area contributed by atoms with Crippen LogP contribution in [0.5, 0.6) is 5.75 Å². The Morgan fingerprint density at radius 1 is 0.911 bits per heavy atom. The van der Waals surface area contributed by atoms with Crippen molar-refractivity contribution in [3.8, 4) is 28.1 Å². The minimum Gasteiger partial charge on any atom is -0.488 e. The summed E-state index contributed by atoms with van der Waals surface area (Å²) in [6.07, 6.45) is 1.11. The van der Waals surface area contributed by atoms with E-state index < -0.39 is 23.1 Å². The number of nitrogens with zero attached hydrogens (tertiary/aromatic N) is 1. The maximum Gasteiger partial charge on any atom is 0.407 e. The standard InChI is InChI=1S/C36H36ClN3O5/c1-35(2,3)45-34(43)39-20-23-12-9-13-24(16-23)26-17-25(36(4,5)33(41)42)18-27(31(26)44-21-22-10-7-6-8-11-22)30-19-28-29(40-30)14-15-38-32(28)37/h6-19,40H,20-21H2,1-5H3,(H,39,43)(H,41,42). The van der Waals surface area contributed by atoms with Crippen LogP contribution in [0.1, 0.15) is 51.3 Å². The molecule has 9 heteroatoms. The smallest absolute Gasteiger partial charge is 0.407 e. The molecular formula is C36H36ClN3O5. The molecule has 1 amide bonds. The van der Waals surface area contributed by atoms with Crippen LogP contribution in [-0.2, 0) is 28.1 Å². The van der Waals surface area contributed by atoms with Gasteiger partial charge in [0.1, 0.15) is 23.1 Å². The number of pyridine rings is 1. The fraction of sp³-hybridized carbons (Fsp3) is 0.250. The van der Waals surface area contributed by atoms with Crippen LogP contribution in [0.3, 0.4) is 0 Å². The number of ether oxygens (including phenoxy) is 2. The number of aromatic nitrogens is 2. The predicted molar refractivity (Wildman–Crippen MR) is 176 cm³/mol. The Bertz CT molecular complexity index is 1860. The van der Waals surface area contributed by atoms with Gasteiger partial charge in [0.05, 0.1) is 16.6 Å². The topological polar surface area (TPSA) is 114 Å². The Hall–Kier alpha value is -4.82. The Morgan fingerprint density at radius 3 is 2.31 bits per heavy atom. The summed E-state index contributed by atoms with van der Waals surface area (Å²) in [6, 6.07) is 25.0. The van der Waals surface area contributed by atoms with Gasteiger partial charge < -0.3 is 24.9 Å². The van der Waals surface area contributed by atoms with E-state index in [1.54, 1.807) is 20.0 Å². The molecule has 0 aliphatic carbocycles. The molecule has 5 aromatic rings. The number of rotatable bonds is 9. The van der Waals surface area contributed by atoms with E-state index in [9.17, 15) is 14.7 Å². The van der Waals surface area contributed by atoms with Crippen LogP contribution in [0.2, 0.25) is 5.15 Å². The first-order valence-electron chi connectivity index (χ1n) is 14.6. The number of amides is 1. The molecule has 8 nitrogen and oxygen atoms in total. The van der Waals surface area contributed by atoms with Gasteiger partial charge in [-0.05, 0) is 87.2 Å².